The van der Waals surface area contributed by atoms with Crippen LogP contribution in [0.1, 0.15) is 12.8 Å². The summed E-state index contributed by atoms with van der Waals surface area (Å²) in [6.07, 6.45) is 0.544. The molecule has 0 N–H and O–H groups in total. The van der Waals surface area contributed by atoms with Gasteiger partial charge in [0.1, 0.15) is 0 Å². The van der Waals surface area contributed by atoms with Gasteiger partial charge in [0.2, 0.25) is 0 Å². The zero-order valence-corrected chi connectivity index (χ0v) is 9.42. The van der Waals surface area contributed by atoms with E-state index in [0.717, 1.165) is 0 Å². The first-order valence-electron chi connectivity index (χ1n) is 4.85. The highest BCUT2D eigenvalue weighted by Gasteiger charge is 2.35. The summed E-state index contributed by atoms with van der Waals surface area (Å²) in [5.74, 6) is 1.42. The zero-order chi connectivity index (χ0) is 11.4. The second-order valence-corrected chi connectivity index (χ2v) is 4.59. The van der Waals surface area contributed by atoms with Crippen molar-refractivity contribution < 1.29 is 9.47 Å². The first-order chi connectivity index (χ1) is 7.79. The van der Waals surface area contributed by atoms with Crippen molar-refractivity contribution in [1.82, 2.24) is 0 Å². The standard InChI is InChI=1S/C11H10N2O2S/c12-3-1-11(2-4-13)7-14-9-5-16-6-10(9)15-8-11/h5-6H,1-2,7-8H2. The lowest BCUT2D eigenvalue weighted by molar-refractivity contribution is 0.111. The summed E-state index contributed by atoms with van der Waals surface area (Å²) in [5.41, 5.74) is -0.500. The van der Waals surface area contributed by atoms with E-state index in [1.165, 1.54) is 11.3 Å². The van der Waals surface area contributed by atoms with Gasteiger partial charge in [-0.05, 0) is 0 Å². The predicted octanol–water partition coefficient (Wildman–Crippen LogP) is 2.33. The van der Waals surface area contributed by atoms with Gasteiger partial charge in [-0.25, -0.2) is 0 Å². The quantitative estimate of drug-likeness (QED) is 0.787. The average molecular weight is 234 g/mol. The van der Waals surface area contributed by atoms with Crippen LogP contribution in [0.5, 0.6) is 11.5 Å². The molecule has 0 fully saturated rings. The molecule has 1 aromatic rings. The van der Waals surface area contributed by atoms with Gasteiger partial charge in [0.15, 0.2) is 11.5 Å². The number of fused-ring (bicyclic) bond motifs is 1. The summed E-state index contributed by atoms with van der Waals surface area (Å²) in [4.78, 5) is 0. The molecule has 0 radical (unpaired) electrons. The van der Waals surface area contributed by atoms with E-state index < -0.39 is 5.41 Å². The van der Waals surface area contributed by atoms with E-state index in [0.29, 0.717) is 24.7 Å². The van der Waals surface area contributed by atoms with Crippen molar-refractivity contribution in [3.05, 3.63) is 10.8 Å². The molecule has 16 heavy (non-hydrogen) atoms. The van der Waals surface area contributed by atoms with Crippen molar-refractivity contribution >= 4 is 11.3 Å². The fourth-order valence-electron chi connectivity index (χ4n) is 1.59. The number of rotatable bonds is 2. The van der Waals surface area contributed by atoms with Gasteiger partial charge in [-0.1, -0.05) is 0 Å². The number of hydrogen-bond donors (Lipinski definition) is 0. The van der Waals surface area contributed by atoms with Crippen LogP contribution in [0.4, 0.5) is 0 Å². The van der Waals surface area contributed by atoms with E-state index in [-0.39, 0.29) is 12.8 Å². The highest BCUT2D eigenvalue weighted by atomic mass is 32.1. The van der Waals surface area contributed by atoms with Crippen LogP contribution in [0.3, 0.4) is 0 Å². The van der Waals surface area contributed by atoms with Crippen LogP contribution >= 0.6 is 11.3 Å². The van der Waals surface area contributed by atoms with Crippen LogP contribution in [-0.2, 0) is 0 Å². The second kappa shape index (κ2) is 4.42. The molecular weight excluding hydrogens is 224 g/mol. The Kier molecular flexibility index (Phi) is 2.98. The van der Waals surface area contributed by atoms with Crippen LogP contribution < -0.4 is 9.47 Å². The Bertz CT molecular complexity index is 415. The Labute approximate surface area is 97.6 Å². The highest BCUT2D eigenvalue weighted by Crippen LogP contribution is 2.39. The van der Waals surface area contributed by atoms with Crippen molar-refractivity contribution in [1.29, 1.82) is 10.5 Å². The average Bonchev–Trinajstić information content (AvgIpc) is 2.66. The third-order valence-corrected chi connectivity index (χ3v) is 3.27. The third kappa shape index (κ3) is 1.95. The second-order valence-electron chi connectivity index (χ2n) is 3.85. The largest absolute Gasteiger partial charge is 0.488 e. The first kappa shape index (κ1) is 10.8. The van der Waals surface area contributed by atoms with Gasteiger partial charge in [0.25, 0.3) is 0 Å². The molecule has 5 heteroatoms. The molecule has 1 aromatic heterocycles. The Morgan fingerprint density at radius 3 is 2.06 bits per heavy atom. The van der Waals surface area contributed by atoms with Crippen LogP contribution in [0.25, 0.3) is 0 Å². The molecule has 0 bridgehead atoms. The van der Waals surface area contributed by atoms with E-state index in [9.17, 15) is 0 Å². The van der Waals surface area contributed by atoms with E-state index in [2.05, 4.69) is 12.1 Å². The van der Waals surface area contributed by atoms with Crippen molar-refractivity contribution in [2.24, 2.45) is 5.41 Å². The lowest BCUT2D eigenvalue weighted by Gasteiger charge is -2.25. The maximum absolute atomic E-state index is 8.80. The van der Waals surface area contributed by atoms with Crippen LogP contribution in [-0.4, -0.2) is 13.2 Å². The van der Waals surface area contributed by atoms with Gasteiger partial charge in [0.05, 0.1) is 30.8 Å². The van der Waals surface area contributed by atoms with Gasteiger partial charge in [-0.3, -0.25) is 0 Å². The molecule has 1 aliphatic heterocycles. The SMILES string of the molecule is N#CCC1(CC#N)COc2cscc2OC1. The molecule has 0 saturated heterocycles. The van der Waals surface area contributed by atoms with Gasteiger partial charge in [-0.2, -0.15) is 10.5 Å². The van der Waals surface area contributed by atoms with Crippen LogP contribution in [0.15, 0.2) is 10.8 Å². The van der Waals surface area contributed by atoms with Gasteiger partial charge in [0, 0.05) is 23.6 Å². The molecule has 0 aromatic carbocycles. The van der Waals surface area contributed by atoms with Crippen molar-refractivity contribution in [2.75, 3.05) is 13.2 Å². The molecule has 2 heterocycles. The first-order valence-corrected chi connectivity index (χ1v) is 5.80. The van der Waals surface area contributed by atoms with Crippen molar-refractivity contribution in [3.8, 4) is 23.6 Å². The monoisotopic (exact) mass is 234 g/mol. The van der Waals surface area contributed by atoms with E-state index in [1.807, 2.05) is 10.8 Å². The van der Waals surface area contributed by atoms with E-state index in [4.69, 9.17) is 20.0 Å². The summed E-state index contributed by atoms with van der Waals surface area (Å²) in [7, 11) is 0. The predicted molar refractivity (Wildman–Crippen MR) is 58.2 cm³/mol. The zero-order valence-electron chi connectivity index (χ0n) is 8.60. The summed E-state index contributed by atoms with van der Waals surface area (Å²) >= 11 is 1.51. The van der Waals surface area contributed by atoms with Gasteiger partial charge >= 0.3 is 0 Å². The van der Waals surface area contributed by atoms with E-state index in [1.54, 1.807) is 0 Å². The van der Waals surface area contributed by atoms with Crippen molar-refractivity contribution in [2.45, 2.75) is 12.8 Å². The summed E-state index contributed by atoms with van der Waals surface area (Å²) < 4.78 is 11.2. The Hall–Kier alpha value is -1.72. The minimum absolute atomic E-state index is 0.272. The fourth-order valence-corrected chi connectivity index (χ4v) is 2.27. The summed E-state index contributed by atoms with van der Waals surface area (Å²) in [6, 6.07) is 4.20. The molecule has 0 spiro atoms. The van der Waals surface area contributed by atoms with E-state index >= 15 is 0 Å². The van der Waals surface area contributed by atoms with Crippen LogP contribution in [0.2, 0.25) is 0 Å². The van der Waals surface area contributed by atoms with Gasteiger partial charge < -0.3 is 9.47 Å². The highest BCUT2D eigenvalue weighted by molar-refractivity contribution is 7.08. The molecular formula is C11H10N2O2S. The number of nitriles is 2. The molecule has 4 nitrogen and oxygen atoms in total. The lowest BCUT2D eigenvalue weighted by Crippen LogP contribution is -2.32. The van der Waals surface area contributed by atoms with Crippen molar-refractivity contribution in [3.63, 3.8) is 0 Å². The molecule has 0 amide bonds. The maximum Gasteiger partial charge on any atom is 0.171 e. The molecule has 0 aliphatic carbocycles. The molecule has 2 rings (SSSR count). The molecule has 0 unspecified atom stereocenters. The molecule has 82 valence electrons. The molecule has 1 aliphatic rings. The fraction of sp³-hybridized carbons (Fsp3) is 0.455. The number of hydrogen-bond acceptors (Lipinski definition) is 5. The molecule has 0 saturated carbocycles. The summed E-state index contributed by atoms with van der Waals surface area (Å²) in [6.45, 7) is 0.718. The number of nitrogens with zero attached hydrogens (tertiary/aromatic N) is 2. The lowest BCUT2D eigenvalue weighted by atomic mass is 9.84. The Balaban J connectivity index is 2.18. The minimum Gasteiger partial charge on any atom is -0.488 e. The van der Waals surface area contributed by atoms with Crippen LogP contribution in [0, 0.1) is 28.1 Å². The maximum atomic E-state index is 8.80. The van der Waals surface area contributed by atoms with Gasteiger partial charge in [-0.15, -0.1) is 11.3 Å². The summed E-state index contributed by atoms with van der Waals surface area (Å²) in [5, 5.41) is 21.3. The normalized spacial score (nSPS) is 16.9. The minimum atomic E-state index is -0.500. The Morgan fingerprint density at radius 2 is 1.62 bits per heavy atom. The topological polar surface area (TPSA) is 66.0 Å². The number of ether oxygens (including phenoxy) is 2. The molecule has 0 atom stereocenters. The Morgan fingerprint density at radius 1 is 1.12 bits per heavy atom. The smallest absolute Gasteiger partial charge is 0.171 e. The third-order valence-electron chi connectivity index (χ3n) is 2.57. The number of thiophene rings is 1.